The van der Waals surface area contributed by atoms with Gasteiger partial charge in [0.05, 0.1) is 25.9 Å². The van der Waals surface area contributed by atoms with Gasteiger partial charge in [-0.15, -0.1) is 0 Å². The number of hydrogen-bond acceptors (Lipinski definition) is 8. The minimum atomic E-state index is -1.68. The number of nitrogens with one attached hydrogen (secondary N) is 1. The number of carbonyl (C=O) groups is 1. The Morgan fingerprint density at radius 3 is 1.86 bits per heavy atom. The highest BCUT2D eigenvalue weighted by atomic mass is 16.5. The van der Waals surface area contributed by atoms with Crippen LogP contribution in [0, 0.1) is 0 Å². The predicted octanol–water partition coefficient (Wildman–Crippen LogP) is 0.476. The van der Waals surface area contributed by atoms with E-state index in [1.54, 1.807) is 0 Å². The number of esters is 1. The van der Waals surface area contributed by atoms with Gasteiger partial charge in [0.15, 0.2) is 0 Å². The molecule has 0 bridgehead atoms. The maximum atomic E-state index is 11.6. The van der Waals surface area contributed by atoms with Crippen molar-refractivity contribution in [1.29, 1.82) is 0 Å². The fourth-order valence-corrected chi connectivity index (χ4v) is 2.83. The van der Waals surface area contributed by atoms with Crippen molar-refractivity contribution >= 4 is 5.97 Å². The van der Waals surface area contributed by atoms with Crippen LogP contribution in [0.3, 0.4) is 0 Å². The van der Waals surface area contributed by atoms with E-state index in [-0.39, 0.29) is 13.1 Å². The highest BCUT2D eigenvalue weighted by Crippen LogP contribution is 2.10. The van der Waals surface area contributed by atoms with Crippen LogP contribution < -0.4 is 5.32 Å². The van der Waals surface area contributed by atoms with E-state index in [2.05, 4.69) is 12.2 Å². The Labute approximate surface area is 168 Å². The number of aliphatic hydroxyl groups excluding tert-OH is 5. The summed E-state index contributed by atoms with van der Waals surface area (Å²) in [5.74, 6) is -0.450. The molecule has 0 radical (unpaired) electrons. The van der Waals surface area contributed by atoms with Crippen molar-refractivity contribution in [3.63, 3.8) is 0 Å². The highest BCUT2D eigenvalue weighted by Gasteiger charge is 2.29. The van der Waals surface area contributed by atoms with Gasteiger partial charge in [-0.05, 0) is 6.42 Å². The zero-order valence-corrected chi connectivity index (χ0v) is 17.3. The van der Waals surface area contributed by atoms with E-state index in [4.69, 9.17) is 9.84 Å². The van der Waals surface area contributed by atoms with Gasteiger partial charge in [-0.1, -0.05) is 64.7 Å². The number of aliphatic hydroxyl groups is 5. The highest BCUT2D eigenvalue weighted by molar-refractivity contribution is 5.71. The van der Waals surface area contributed by atoms with Gasteiger partial charge in [0.2, 0.25) is 0 Å². The Balaban J connectivity index is 3.55. The summed E-state index contributed by atoms with van der Waals surface area (Å²) in [7, 11) is 0. The number of hydrogen-bond donors (Lipinski definition) is 6. The van der Waals surface area contributed by atoms with E-state index in [1.165, 1.54) is 44.9 Å². The third kappa shape index (κ3) is 14.3. The van der Waals surface area contributed by atoms with Crippen LogP contribution >= 0.6 is 0 Å². The van der Waals surface area contributed by atoms with Gasteiger partial charge in [0, 0.05) is 6.54 Å². The largest absolute Gasteiger partial charge is 0.465 e. The molecule has 168 valence electrons. The topological polar surface area (TPSA) is 139 Å². The zero-order valence-electron chi connectivity index (χ0n) is 17.3. The quantitative estimate of drug-likeness (QED) is 0.134. The first-order valence-electron chi connectivity index (χ1n) is 10.6. The van der Waals surface area contributed by atoms with Gasteiger partial charge in [-0.3, -0.25) is 4.79 Å². The fraction of sp³-hybridized carbons (Fsp3) is 0.950. The number of unbranched alkanes of at least 4 members (excludes halogenated alkanes) is 9. The average molecular weight is 408 g/mol. The van der Waals surface area contributed by atoms with Crippen molar-refractivity contribution in [2.45, 2.75) is 95.5 Å². The lowest BCUT2D eigenvalue weighted by Gasteiger charge is -2.25. The lowest BCUT2D eigenvalue weighted by atomic mass is 10.0. The first kappa shape index (κ1) is 27.2. The second-order valence-electron chi connectivity index (χ2n) is 7.33. The summed E-state index contributed by atoms with van der Waals surface area (Å²) in [6.45, 7) is 1.56. The summed E-state index contributed by atoms with van der Waals surface area (Å²) in [5, 5.41) is 49.4. The average Bonchev–Trinajstić information content (AvgIpc) is 2.70. The van der Waals surface area contributed by atoms with Gasteiger partial charge in [-0.25, -0.2) is 0 Å². The van der Waals surface area contributed by atoms with Crippen LogP contribution in [0.5, 0.6) is 0 Å². The zero-order chi connectivity index (χ0) is 21.2. The van der Waals surface area contributed by atoms with E-state index in [0.717, 1.165) is 19.3 Å². The van der Waals surface area contributed by atoms with Gasteiger partial charge in [0.1, 0.15) is 18.3 Å². The van der Waals surface area contributed by atoms with Crippen LogP contribution in [0.15, 0.2) is 0 Å². The van der Waals surface area contributed by atoms with E-state index in [1.807, 2.05) is 0 Å². The Morgan fingerprint density at radius 1 is 0.821 bits per heavy atom. The van der Waals surface area contributed by atoms with Crippen molar-refractivity contribution < 1.29 is 35.1 Å². The SMILES string of the molecule is CCCCCCCCCCCCOC(=O)CNC[C@H](O)[C@@H](O)[C@H](O)[C@H](O)CO. The third-order valence-corrected chi connectivity index (χ3v) is 4.71. The van der Waals surface area contributed by atoms with Crippen LogP contribution in [-0.4, -0.2) is 82.2 Å². The monoisotopic (exact) mass is 407 g/mol. The summed E-state index contributed by atoms with van der Waals surface area (Å²) < 4.78 is 5.09. The number of carbonyl (C=O) groups excluding carboxylic acids is 1. The van der Waals surface area contributed by atoms with Gasteiger partial charge >= 0.3 is 5.97 Å². The van der Waals surface area contributed by atoms with Crippen molar-refractivity contribution in [2.24, 2.45) is 0 Å². The Kier molecular flexibility index (Phi) is 17.8. The first-order chi connectivity index (χ1) is 13.4. The molecule has 6 N–H and O–H groups in total. The molecule has 0 aliphatic carbocycles. The maximum absolute atomic E-state index is 11.6. The van der Waals surface area contributed by atoms with Crippen molar-refractivity contribution in [3.8, 4) is 0 Å². The van der Waals surface area contributed by atoms with Gasteiger partial charge in [0.25, 0.3) is 0 Å². The van der Waals surface area contributed by atoms with Gasteiger partial charge < -0.3 is 35.6 Å². The number of ether oxygens (including phenoxy) is 1. The standard InChI is InChI=1S/C20H41NO7/c1-2-3-4-5-6-7-8-9-10-11-12-28-18(25)14-21-13-16(23)19(26)20(27)17(24)15-22/h16-17,19-24,26-27H,2-15H2,1H3/t16-,17+,19+,20+/m0/s1. The smallest absolute Gasteiger partial charge is 0.319 e. The normalized spacial score (nSPS) is 15.8. The molecule has 0 aromatic carbocycles. The Hall–Kier alpha value is -0.770. The van der Waals surface area contributed by atoms with Crippen molar-refractivity contribution in [1.82, 2.24) is 5.32 Å². The minimum Gasteiger partial charge on any atom is -0.465 e. The molecule has 0 heterocycles. The van der Waals surface area contributed by atoms with Crippen LogP contribution in [0.2, 0.25) is 0 Å². The molecule has 8 heteroatoms. The molecule has 4 atom stereocenters. The molecular weight excluding hydrogens is 366 g/mol. The molecule has 0 amide bonds. The van der Waals surface area contributed by atoms with E-state index < -0.39 is 37.0 Å². The second-order valence-corrected chi connectivity index (χ2v) is 7.33. The van der Waals surface area contributed by atoms with Gasteiger partial charge in [-0.2, -0.15) is 0 Å². The lowest BCUT2D eigenvalue weighted by Crippen LogP contribution is -2.49. The summed E-state index contributed by atoms with van der Waals surface area (Å²) >= 11 is 0. The number of rotatable bonds is 19. The minimum absolute atomic E-state index is 0.125. The van der Waals surface area contributed by atoms with E-state index >= 15 is 0 Å². The molecule has 0 saturated carbocycles. The fourth-order valence-electron chi connectivity index (χ4n) is 2.83. The predicted molar refractivity (Wildman–Crippen MR) is 107 cm³/mol. The van der Waals surface area contributed by atoms with Crippen molar-refractivity contribution in [2.75, 3.05) is 26.3 Å². The molecular formula is C20H41NO7. The van der Waals surface area contributed by atoms with Crippen LogP contribution in [0.4, 0.5) is 0 Å². The van der Waals surface area contributed by atoms with E-state index in [9.17, 15) is 25.2 Å². The van der Waals surface area contributed by atoms with Crippen LogP contribution in [0.25, 0.3) is 0 Å². The molecule has 8 nitrogen and oxygen atoms in total. The molecule has 0 fully saturated rings. The summed E-state index contributed by atoms with van der Waals surface area (Å²) in [6.07, 6.45) is 5.80. The second kappa shape index (κ2) is 18.3. The summed E-state index contributed by atoms with van der Waals surface area (Å²) in [4.78, 5) is 11.6. The Morgan fingerprint density at radius 2 is 1.32 bits per heavy atom. The molecule has 0 aliphatic heterocycles. The van der Waals surface area contributed by atoms with Crippen molar-refractivity contribution in [3.05, 3.63) is 0 Å². The summed E-state index contributed by atoms with van der Waals surface area (Å²) in [6, 6.07) is 0. The molecule has 0 aromatic rings. The first-order valence-corrected chi connectivity index (χ1v) is 10.6. The maximum Gasteiger partial charge on any atom is 0.319 e. The third-order valence-electron chi connectivity index (χ3n) is 4.71. The molecule has 28 heavy (non-hydrogen) atoms. The molecule has 0 spiro atoms. The molecule has 0 rings (SSSR count). The molecule has 0 aromatic heterocycles. The molecule has 0 saturated heterocycles. The molecule has 0 aliphatic rings. The Bertz CT molecular complexity index is 370. The van der Waals surface area contributed by atoms with E-state index in [0.29, 0.717) is 6.61 Å². The van der Waals surface area contributed by atoms with Crippen LogP contribution in [-0.2, 0) is 9.53 Å². The van der Waals surface area contributed by atoms with Crippen LogP contribution in [0.1, 0.15) is 71.1 Å². The summed E-state index contributed by atoms with van der Waals surface area (Å²) in [5.41, 5.74) is 0. The lowest BCUT2D eigenvalue weighted by molar-refractivity contribution is -0.143. The molecule has 0 unspecified atom stereocenters.